The first-order valence-electron chi connectivity index (χ1n) is 6.77. The highest BCUT2D eigenvalue weighted by molar-refractivity contribution is 6.20. The molecule has 1 aromatic carbocycles. The molecule has 1 aromatic heterocycles. The lowest BCUT2D eigenvalue weighted by Crippen LogP contribution is -2.09. The molecule has 2 aromatic rings. The highest BCUT2D eigenvalue weighted by Crippen LogP contribution is 2.36. The predicted octanol–water partition coefficient (Wildman–Crippen LogP) is 4.32. The van der Waals surface area contributed by atoms with Crippen molar-refractivity contribution in [1.29, 1.82) is 5.26 Å². The topological polar surface area (TPSA) is 41.6 Å². The lowest BCUT2D eigenvalue weighted by atomic mass is 10.2. The molecule has 0 saturated heterocycles. The van der Waals surface area contributed by atoms with Crippen LogP contribution in [0.3, 0.4) is 0 Å². The van der Waals surface area contributed by atoms with E-state index in [1.165, 1.54) is 25.7 Å². The van der Waals surface area contributed by atoms with E-state index in [4.69, 9.17) is 16.9 Å². The maximum absolute atomic E-state index is 9.06. The number of hydrogen-bond acceptors (Lipinski definition) is 2. The number of benzene rings is 1. The molecule has 1 unspecified atom stereocenters. The van der Waals surface area contributed by atoms with Crippen molar-refractivity contribution in [2.45, 2.75) is 44.0 Å². The van der Waals surface area contributed by atoms with Crippen LogP contribution in [-0.4, -0.2) is 9.55 Å². The maximum Gasteiger partial charge on any atom is 0.127 e. The van der Waals surface area contributed by atoms with Gasteiger partial charge < -0.3 is 4.57 Å². The zero-order chi connectivity index (χ0) is 13.4. The van der Waals surface area contributed by atoms with Gasteiger partial charge in [-0.1, -0.05) is 12.8 Å². The van der Waals surface area contributed by atoms with E-state index in [-0.39, 0.29) is 5.38 Å². The monoisotopic (exact) mass is 273 g/mol. The number of aromatic nitrogens is 2. The van der Waals surface area contributed by atoms with E-state index >= 15 is 0 Å². The molecular weight excluding hydrogens is 258 g/mol. The molecule has 3 rings (SSSR count). The molecule has 0 aliphatic heterocycles. The number of fused-ring (bicyclic) bond motifs is 1. The minimum absolute atomic E-state index is 0.112. The number of nitrogens with zero attached hydrogens (tertiary/aromatic N) is 3. The minimum atomic E-state index is -0.112. The number of hydrogen-bond donors (Lipinski definition) is 0. The highest BCUT2D eigenvalue weighted by Gasteiger charge is 2.24. The van der Waals surface area contributed by atoms with Crippen LogP contribution in [-0.2, 0) is 0 Å². The molecule has 1 aliphatic carbocycles. The van der Waals surface area contributed by atoms with Crippen LogP contribution in [0.5, 0.6) is 0 Å². The van der Waals surface area contributed by atoms with Crippen molar-refractivity contribution in [2.75, 3.05) is 0 Å². The van der Waals surface area contributed by atoms with Crippen LogP contribution in [0.1, 0.15) is 55.4 Å². The molecule has 0 amide bonds. The van der Waals surface area contributed by atoms with E-state index in [0.717, 1.165) is 16.9 Å². The van der Waals surface area contributed by atoms with Crippen molar-refractivity contribution in [3.8, 4) is 6.07 Å². The summed E-state index contributed by atoms with van der Waals surface area (Å²) in [7, 11) is 0. The van der Waals surface area contributed by atoms with Gasteiger partial charge in [0.2, 0.25) is 0 Å². The number of nitriles is 1. The molecule has 3 nitrogen and oxygen atoms in total. The van der Waals surface area contributed by atoms with Crippen molar-refractivity contribution < 1.29 is 0 Å². The molecule has 1 saturated carbocycles. The standard InChI is InChI=1S/C15H16ClN3/c1-10(16)15-18-13-7-6-11(9-17)8-14(13)19(15)12-4-2-3-5-12/h6-8,10,12H,2-5H2,1H3. The third kappa shape index (κ3) is 2.11. The summed E-state index contributed by atoms with van der Waals surface area (Å²) in [6.07, 6.45) is 4.88. The van der Waals surface area contributed by atoms with Gasteiger partial charge in [0.15, 0.2) is 0 Å². The fourth-order valence-corrected chi connectivity index (χ4v) is 3.16. The fourth-order valence-electron chi connectivity index (χ4n) is 3.01. The van der Waals surface area contributed by atoms with Gasteiger partial charge in [-0.3, -0.25) is 0 Å². The quantitative estimate of drug-likeness (QED) is 0.765. The summed E-state index contributed by atoms with van der Waals surface area (Å²) in [5.74, 6) is 0.929. The normalized spacial score (nSPS) is 17.7. The molecule has 0 bridgehead atoms. The van der Waals surface area contributed by atoms with E-state index in [1.54, 1.807) is 0 Å². The van der Waals surface area contributed by atoms with Gasteiger partial charge in [0.25, 0.3) is 0 Å². The first-order valence-corrected chi connectivity index (χ1v) is 7.20. The van der Waals surface area contributed by atoms with Crippen LogP contribution in [0, 0.1) is 11.3 Å². The summed E-state index contributed by atoms with van der Waals surface area (Å²) < 4.78 is 2.26. The molecule has 98 valence electrons. The zero-order valence-electron chi connectivity index (χ0n) is 10.9. The lowest BCUT2D eigenvalue weighted by molar-refractivity contribution is 0.510. The molecule has 1 fully saturated rings. The maximum atomic E-state index is 9.06. The highest BCUT2D eigenvalue weighted by atomic mass is 35.5. The second kappa shape index (κ2) is 4.86. The van der Waals surface area contributed by atoms with Gasteiger partial charge in [-0.25, -0.2) is 4.98 Å². The number of rotatable bonds is 2. The summed E-state index contributed by atoms with van der Waals surface area (Å²) in [6.45, 7) is 1.96. The number of imidazole rings is 1. The first kappa shape index (κ1) is 12.5. The van der Waals surface area contributed by atoms with E-state index in [9.17, 15) is 0 Å². The van der Waals surface area contributed by atoms with Gasteiger partial charge in [-0.15, -0.1) is 11.6 Å². The summed E-state index contributed by atoms with van der Waals surface area (Å²) in [5.41, 5.74) is 2.67. The van der Waals surface area contributed by atoms with Crippen molar-refractivity contribution in [3.63, 3.8) is 0 Å². The molecule has 19 heavy (non-hydrogen) atoms. The van der Waals surface area contributed by atoms with Crippen LogP contribution < -0.4 is 0 Å². The Balaban J connectivity index is 2.24. The molecule has 4 heteroatoms. The largest absolute Gasteiger partial charge is 0.324 e. The van der Waals surface area contributed by atoms with Crippen molar-refractivity contribution in [2.24, 2.45) is 0 Å². The van der Waals surface area contributed by atoms with Crippen molar-refractivity contribution in [3.05, 3.63) is 29.6 Å². The fraction of sp³-hybridized carbons (Fsp3) is 0.467. The molecule has 0 N–H and O–H groups in total. The van der Waals surface area contributed by atoms with Crippen molar-refractivity contribution in [1.82, 2.24) is 9.55 Å². The third-order valence-electron chi connectivity index (χ3n) is 3.89. The Morgan fingerprint density at radius 1 is 1.42 bits per heavy atom. The molecule has 0 spiro atoms. The van der Waals surface area contributed by atoms with Crippen LogP contribution in [0.15, 0.2) is 18.2 Å². The van der Waals surface area contributed by atoms with Crippen LogP contribution >= 0.6 is 11.6 Å². The average Bonchev–Trinajstić information content (AvgIpc) is 3.04. The van der Waals surface area contributed by atoms with Crippen molar-refractivity contribution >= 4 is 22.6 Å². The summed E-state index contributed by atoms with van der Waals surface area (Å²) in [6, 6.07) is 8.35. The van der Waals surface area contributed by atoms with Gasteiger partial charge in [0.1, 0.15) is 5.82 Å². The smallest absolute Gasteiger partial charge is 0.127 e. The summed E-state index contributed by atoms with van der Waals surface area (Å²) in [4.78, 5) is 4.65. The molecule has 0 radical (unpaired) electrons. The van der Waals surface area contributed by atoms with E-state index in [0.29, 0.717) is 11.6 Å². The van der Waals surface area contributed by atoms with Gasteiger partial charge >= 0.3 is 0 Å². The van der Waals surface area contributed by atoms with E-state index in [2.05, 4.69) is 15.6 Å². The second-order valence-electron chi connectivity index (χ2n) is 5.21. The van der Waals surface area contributed by atoms with Gasteiger partial charge in [-0.2, -0.15) is 5.26 Å². The molecule has 1 atom stereocenters. The Labute approximate surface area is 117 Å². The molecule has 1 heterocycles. The van der Waals surface area contributed by atoms with E-state index in [1.807, 2.05) is 25.1 Å². The van der Waals surface area contributed by atoms with Crippen LogP contribution in [0.2, 0.25) is 0 Å². The van der Waals surface area contributed by atoms with Gasteiger partial charge in [-0.05, 0) is 38.0 Å². The van der Waals surface area contributed by atoms with E-state index < -0.39 is 0 Å². The second-order valence-corrected chi connectivity index (χ2v) is 5.86. The minimum Gasteiger partial charge on any atom is -0.324 e. The zero-order valence-corrected chi connectivity index (χ0v) is 11.7. The Bertz CT molecular complexity index is 645. The Kier molecular flexibility index (Phi) is 3.20. The Hall–Kier alpha value is -1.53. The average molecular weight is 274 g/mol. The molecule has 1 aliphatic rings. The first-order chi connectivity index (χ1) is 9.20. The Morgan fingerprint density at radius 2 is 2.16 bits per heavy atom. The summed E-state index contributed by atoms with van der Waals surface area (Å²) in [5, 5.41) is 8.95. The Morgan fingerprint density at radius 3 is 2.79 bits per heavy atom. The summed E-state index contributed by atoms with van der Waals surface area (Å²) >= 11 is 6.28. The number of halogens is 1. The predicted molar refractivity (Wildman–Crippen MR) is 76.2 cm³/mol. The van der Waals surface area contributed by atoms with Crippen LogP contribution in [0.25, 0.3) is 11.0 Å². The van der Waals surface area contributed by atoms with Crippen LogP contribution in [0.4, 0.5) is 0 Å². The number of alkyl halides is 1. The van der Waals surface area contributed by atoms with Gasteiger partial charge in [0.05, 0.1) is 28.0 Å². The molecular formula is C15H16ClN3. The van der Waals surface area contributed by atoms with Gasteiger partial charge in [0, 0.05) is 6.04 Å². The lowest BCUT2D eigenvalue weighted by Gasteiger charge is -2.17. The SMILES string of the molecule is CC(Cl)c1nc2ccc(C#N)cc2n1C1CCCC1. The third-order valence-corrected chi connectivity index (χ3v) is 4.09.